The second-order valence-corrected chi connectivity index (χ2v) is 5.73. The average Bonchev–Trinajstić information content (AvgIpc) is 2.49. The second-order valence-electron chi connectivity index (χ2n) is 5.73. The van der Waals surface area contributed by atoms with Gasteiger partial charge in [0.05, 0.1) is 22.9 Å². The zero-order valence-electron chi connectivity index (χ0n) is 12.1. The van der Waals surface area contributed by atoms with Crippen molar-refractivity contribution in [2.24, 2.45) is 11.7 Å². The molecule has 3 rings (SSSR count). The van der Waals surface area contributed by atoms with Gasteiger partial charge in [0.25, 0.3) is 0 Å². The summed E-state index contributed by atoms with van der Waals surface area (Å²) in [6.07, 6.45) is 2.23. The van der Waals surface area contributed by atoms with Crippen LogP contribution in [0.1, 0.15) is 18.9 Å². The molecule has 4 N–H and O–H groups in total. The van der Waals surface area contributed by atoms with Gasteiger partial charge in [0, 0.05) is 24.7 Å². The van der Waals surface area contributed by atoms with E-state index in [1.54, 1.807) is 6.20 Å². The number of hydrogen-bond donors (Lipinski definition) is 3. The summed E-state index contributed by atoms with van der Waals surface area (Å²) in [5.41, 5.74) is 8.16. The summed E-state index contributed by atoms with van der Waals surface area (Å²) in [4.78, 5) is 6.51. The zero-order valence-corrected chi connectivity index (χ0v) is 12.1. The van der Waals surface area contributed by atoms with Crippen LogP contribution in [0.25, 0.3) is 10.9 Å². The molecule has 110 valence electrons. The van der Waals surface area contributed by atoms with E-state index in [9.17, 15) is 5.11 Å². The topological polar surface area (TPSA) is 86.2 Å². The number of pyridine rings is 1. The van der Waals surface area contributed by atoms with Crippen molar-refractivity contribution in [3.63, 3.8) is 0 Å². The summed E-state index contributed by atoms with van der Waals surface area (Å²) in [5.74, 6) is 0.312. The lowest BCUT2D eigenvalue weighted by atomic mass is 9.94. The molecular weight excluding hydrogens is 264 g/mol. The van der Waals surface area contributed by atoms with Crippen molar-refractivity contribution in [3.05, 3.63) is 36.0 Å². The van der Waals surface area contributed by atoms with Crippen molar-refractivity contribution in [2.75, 3.05) is 18.0 Å². The van der Waals surface area contributed by atoms with Crippen molar-refractivity contribution in [1.82, 2.24) is 4.98 Å². The molecule has 1 aliphatic rings. The Hall–Kier alpha value is -2.14. The first-order valence-corrected chi connectivity index (χ1v) is 7.23. The predicted octanol–water partition coefficient (Wildman–Crippen LogP) is 1.73. The van der Waals surface area contributed by atoms with E-state index in [4.69, 9.17) is 11.1 Å². The number of piperidine rings is 1. The lowest BCUT2D eigenvalue weighted by Crippen LogP contribution is -2.43. The molecule has 21 heavy (non-hydrogen) atoms. The number of hydrogen-bond acceptors (Lipinski definition) is 4. The normalized spacial score (nSPS) is 22.5. The highest BCUT2D eigenvalue weighted by atomic mass is 16.3. The van der Waals surface area contributed by atoms with Gasteiger partial charge in [-0.05, 0) is 18.4 Å². The molecule has 5 heteroatoms. The van der Waals surface area contributed by atoms with Crippen LogP contribution >= 0.6 is 0 Å². The molecule has 0 saturated carbocycles. The molecule has 1 saturated heterocycles. The lowest BCUT2D eigenvalue weighted by molar-refractivity contribution is 0.103. The summed E-state index contributed by atoms with van der Waals surface area (Å²) >= 11 is 0. The van der Waals surface area contributed by atoms with E-state index >= 15 is 0 Å². The van der Waals surface area contributed by atoms with Crippen molar-refractivity contribution >= 4 is 22.4 Å². The van der Waals surface area contributed by atoms with Crippen molar-refractivity contribution in [3.8, 4) is 0 Å². The number of aliphatic hydroxyl groups excluding tert-OH is 1. The maximum Gasteiger partial charge on any atom is 0.126 e. The minimum absolute atomic E-state index is 0.0105. The molecule has 0 bridgehead atoms. The number of nitrogens with zero attached hydrogens (tertiary/aromatic N) is 2. The van der Waals surface area contributed by atoms with Crippen LogP contribution in [-0.4, -0.2) is 35.1 Å². The van der Waals surface area contributed by atoms with E-state index in [2.05, 4.69) is 16.8 Å². The summed E-state index contributed by atoms with van der Waals surface area (Å²) in [6, 6.07) is 7.85. The van der Waals surface area contributed by atoms with Crippen LogP contribution < -0.4 is 10.6 Å². The number of nitrogens with one attached hydrogen (secondary N) is 1. The molecule has 5 nitrogen and oxygen atoms in total. The van der Waals surface area contributed by atoms with Gasteiger partial charge in [-0.25, -0.2) is 0 Å². The monoisotopic (exact) mass is 284 g/mol. The first-order chi connectivity index (χ1) is 10.1. The van der Waals surface area contributed by atoms with Crippen LogP contribution in [0.3, 0.4) is 0 Å². The van der Waals surface area contributed by atoms with Crippen LogP contribution in [0, 0.1) is 11.3 Å². The summed E-state index contributed by atoms with van der Waals surface area (Å²) in [7, 11) is 0. The molecule has 2 heterocycles. The van der Waals surface area contributed by atoms with Gasteiger partial charge in [-0.2, -0.15) is 0 Å². The molecule has 1 aliphatic heterocycles. The van der Waals surface area contributed by atoms with E-state index in [1.165, 1.54) is 0 Å². The number of β-amino-alcohol motifs (C(OH)–C–C–N with tert-alkyl or cyclic N) is 1. The van der Waals surface area contributed by atoms with Gasteiger partial charge < -0.3 is 15.7 Å². The number of para-hydroxylation sites is 1. The molecule has 0 aliphatic carbocycles. The van der Waals surface area contributed by atoms with Gasteiger partial charge in [0.15, 0.2) is 0 Å². The summed E-state index contributed by atoms with van der Waals surface area (Å²) < 4.78 is 0. The van der Waals surface area contributed by atoms with E-state index < -0.39 is 0 Å². The highest BCUT2D eigenvalue weighted by Gasteiger charge is 2.27. The van der Waals surface area contributed by atoms with Crippen LogP contribution in [-0.2, 0) is 0 Å². The Balaban J connectivity index is 2.14. The molecule has 1 fully saturated rings. The van der Waals surface area contributed by atoms with Crippen LogP contribution in [0.5, 0.6) is 0 Å². The quantitative estimate of drug-likeness (QED) is 0.579. The fraction of sp³-hybridized carbons (Fsp3) is 0.375. The maximum absolute atomic E-state index is 10.2. The zero-order chi connectivity index (χ0) is 15.0. The molecule has 0 radical (unpaired) electrons. The fourth-order valence-corrected chi connectivity index (χ4v) is 2.92. The standard InChI is InChI=1S/C16H20N4O/c1-10-6-7-20(9-14(10)21)15-11-4-2-3-5-13(11)19-8-12(15)16(17)18/h2-5,8,10,14,21H,6-7,9H2,1H3,(H3,17,18). The molecule has 1 aromatic heterocycles. The molecule has 0 spiro atoms. The Morgan fingerprint density at radius 3 is 2.90 bits per heavy atom. The van der Waals surface area contributed by atoms with Gasteiger partial charge in [-0.15, -0.1) is 0 Å². The first-order valence-electron chi connectivity index (χ1n) is 7.23. The average molecular weight is 284 g/mol. The number of fused-ring (bicyclic) bond motifs is 1. The second kappa shape index (κ2) is 5.33. The van der Waals surface area contributed by atoms with Crippen molar-refractivity contribution in [1.29, 1.82) is 5.41 Å². The van der Waals surface area contributed by atoms with Gasteiger partial charge in [-0.3, -0.25) is 10.4 Å². The Kier molecular flexibility index (Phi) is 3.51. The number of benzene rings is 1. The number of nitrogen functional groups attached to an aromatic ring is 1. The van der Waals surface area contributed by atoms with E-state index in [1.807, 2.05) is 24.3 Å². The lowest BCUT2D eigenvalue weighted by Gasteiger charge is -2.37. The van der Waals surface area contributed by atoms with Gasteiger partial charge in [0.2, 0.25) is 0 Å². The number of nitrogens with two attached hydrogens (primary N) is 1. The summed E-state index contributed by atoms with van der Waals surface area (Å²) in [5, 5.41) is 19.0. The number of anilines is 1. The Labute approximate surface area is 123 Å². The highest BCUT2D eigenvalue weighted by Crippen LogP contribution is 2.32. The number of aliphatic hydroxyl groups is 1. The number of amidine groups is 1. The smallest absolute Gasteiger partial charge is 0.126 e. The van der Waals surface area contributed by atoms with E-state index in [-0.39, 0.29) is 11.9 Å². The largest absolute Gasteiger partial charge is 0.391 e. The van der Waals surface area contributed by atoms with E-state index in [0.29, 0.717) is 18.0 Å². The number of aromatic nitrogens is 1. The third-order valence-corrected chi connectivity index (χ3v) is 4.27. The summed E-state index contributed by atoms with van der Waals surface area (Å²) in [6.45, 7) is 3.49. The molecule has 1 aromatic carbocycles. The predicted molar refractivity (Wildman–Crippen MR) is 84.8 cm³/mol. The number of rotatable bonds is 2. The minimum Gasteiger partial charge on any atom is -0.391 e. The third kappa shape index (κ3) is 2.45. The third-order valence-electron chi connectivity index (χ3n) is 4.27. The molecule has 2 atom stereocenters. The minimum atomic E-state index is -0.356. The highest BCUT2D eigenvalue weighted by molar-refractivity contribution is 6.07. The van der Waals surface area contributed by atoms with Crippen molar-refractivity contribution in [2.45, 2.75) is 19.4 Å². The van der Waals surface area contributed by atoms with Crippen LogP contribution in [0.4, 0.5) is 5.69 Å². The molecule has 2 aromatic rings. The maximum atomic E-state index is 10.2. The molecule has 2 unspecified atom stereocenters. The first kappa shape index (κ1) is 13.8. The van der Waals surface area contributed by atoms with E-state index in [0.717, 1.165) is 29.6 Å². The Bertz CT molecular complexity index is 685. The van der Waals surface area contributed by atoms with Gasteiger partial charge >= 0.3 is 0 Å². The van der Waals surface area contributed by atoms with Crippen LogP contribution in [0.15, 0.2) is 30.5 Å². The van der Waals surface area contributed by atoms with Crippen LogP contribution in [0.2, 0.25) is 0 Å². The molecule has 0 amide bonds. The fourth-order valence-electron chi connectivity index (χ4n) is 2.92. The van der Waals surface area contributed by atoms with Crippen molar-refractivity contribution < 1.29 is 5.11 Å². The SMILES string of the molecule is CC1CCN(c2c(C(=N)N)cnc3ccccc23)CC1O. The van der Waals surface area contributed by atoms with Gasteiger partial charge in [0.1, 0.15) is 5.84 Å². The van der Waals surface area contributed by atoms with Gasteiger partial charge in [-0.1, -0.05) is 25.1 Å². The Morgan fingerprint density at radius 1 is 1.43 bits per heavy atom. The molecular formula is C16H20N4O. The Morgan fingerprint density at radius 2 is 2.19 bits per heavy atom.